The zero-order chi connectivity index (χ0) is 39.0. The molecule has 0 saturated carbocycles. The summed E-state index contributed by atoms with van der Waals surface area (Å²) in [5.74, 6) is -1.86. The van der Waals surface area contributed by atoms with E-state index in [1.54, 1.807) is 6.07 Å². The van der Waals surface area contributed by atoms with Crippen LogP contribution in [0, 0.1) is 0 Å². The fraction of sp³-hybridized carbons (Fsp3) is 0.257. The molecule has 286 valence electrons. The standard InChI is InChI=1S/C18H17F3O7SSe.C17H18O5Se/c1-25-11-27-15-9-13(28-29(23,24)18(19,20)21)8-12(16(15)17(22)26-2)10-30-14-6-4-3-5-7-14;1-20-11-22-15-9-13(18)8-12(16(15)17(19)21-2)10-23-14-6-4-3-5-7-14/h3-9H,10-11H2,1-2H3;3-9,18H,10-11H2,1-2H3. The molecule has 18 heteroatoms. The van der Waals surface area contributed by atoms with Crippen LogP contribution in [0.1, 0.15) is 31.8 Å². The van der Waals surface area contributed by atoms with Crippen LogP contribution in [-0.4, -0.2) is 103 Å². The van der Waals surface area contributed by atoms with Gasteiger partial charge in [0.15, 0.2) is 0 Å². The average molecular weight is 895 g/mol. The molecule has 0 aliphatic heterocycles. The predicted molar refractivity (Wildman–Crippen MR) is 189 cm³/mol. The number of aromatic hydroxyl groups is 1. The molecule has 0 bridgehead atoms. The van der Waals surface area contributed by atoms with Crippen LogP contribution in [-0.2, 0) is 39.7 Å². The van der Waals surface area contributed by atoms with E-state index in [9.17, 15) is 36.3 Å². The Hall–Kier alpha value is -4.28. The molecule has 0 atom stereocenters. The molecule has 4 rings (SSSR count). The predicted octanol–water partition coefficient (Wildman–Crippen LogP) is 3.91. The number of ether oxygens (including phenoxy) is 6. The van der Waals surface area contributed by atoms with Crippen molar-refractivity contribution in [2.45, 2.75) is 16.1 Å². The first-order valence-corrected chi connectivity index (χ1v) is 20.6. The quantitative estimate of drug-likeness (QED) is 0.0571. The zero-order valence-electron chi connectivity index (χ0n) is 28.7. The first-order valence-electron chi connectivity index (χ1n) is 15.0. The van der Waals surface area contributed by atoms with E-state index in [0.717, 1.165) is 23.7 Å². The van der Waals surface area contributed by atoms with Gasteiger partial charge >= 0.3 is 318 Å². The molecule has 0 aliphatic rings. The number of carbonyl (C=O) groups is 2. The molecular formula is C35H35F3O12SSe2. The van der Waals surface area contributed by atoms with Crippen LogP contribution in [0.4, 0.5) is 13.2 Å². The van der Waals surface area contributed by atoms with E-state index in [0.29, 0.717) is 16.4 Å². The number of benzene rings is 4. The van der Waals surface area contributed by atoms with Gasteiger partial charge in [-0.15, -0.1) is 0 Å². The number of hydrogen-bond donors (Lipinski definition) is 1. The van der Waals surface area contributed by atoms with Crippen LogP contribution in [0.5, 0.6) is 23.0 Å². The molecule has 0 unspecified atom stereocenters. The normalized spacial score (nSPS) is 11.2. The molecule has 12 nitrogen and oxygen atoms in total. The summed E-state index contributed by atoms with van der Waals surface area (Å²) in [7, 11) is -0.672. The number of methoxy groups -OCH3 is 4. The molecule has 4 aromatic rings. The third-order valence-corrected chi connectivity index (χ3v) is 12.0. The molecule has 1 N–H and O–H groups in total. The molecular weight excluding hydrogens is 859 g/mol. The molecule has 53 heavy (non-hydrogen) atoms. The fourth-order valence-electron chi connectivity index (χ4n) is 4.25. The Balaban J connectivity index is 0.000000295. The van der Waals surface area contributed by atoms with Gasteiger partial charge in [0.05, 0.1) is 0 Å². The van der Waals surface area contributed by atoms with Crippen molar-refractivity contribution >= 4 is 60.9 Å². The minimum absolute atomic E-state index is 0.0171. The third kappa shape index (κ3) is 13.0. The van der Waals surface area contributed by atoms with Crippen molar-refractivity contribution in [1.29, 1.82) is 0 Å². The van der Waals surface area contributed by atoms with Crippen LogP contribution in [0.2, 0.25) is 0 Å². The van der Waals surface area contributed by atoms with Crippen molar-refractivity contribution in [2.75, 3.05) is 42.0 Å². The van der Waals surface area contributed by atoms with E-state index >= 15 is 0 Å². The van der Waals surface area contributed by atoms with E-state index in [4.69, 9.17) is 28.4 Å². The first kappa shape index (κ1) is 43.1. The Kier molecular flexibility index (Phi) is 16.9. The van der Waals surface area contributed by atoms with Crippen LogP contribution < -0.4 is 22.6 Å². The first-order chi connectivity index (χ1) is 25.2. The summed E-state index contributed by atoms with van der Waals surface area (Å²) in [5.41, 5.74) is -4.42. The third-order valence-electron chi connectivity index (χ3n) is 6.53. The summed E-state index contributed by atoms with van der Waals surface area (Å²) in [4.78, 5) is 24.4. The number of hydrogen-bond acceptors (Lipinski definition) is 12. The average Bonchev–Trinajstić information content (AvgIpc) is 3.14. The molecule has 0 aromatic heterocycles. The summed E-state index contributed by atoms with van der Waals surface area (Å²) in [6.07, 6.45) is 0. The van der Waals surface area contributed by atoms with Crippen LogP contribution in [0.15, 0.2) is 84.9 Å². The monoisotopic (exact) mass is 896 g/mol. The van der Waals surface area contributed by atoms with E-state index < -0.39 is 33.3 Å². The van der Waals surface area contributed by atoms with E-state index in [1.165, 1.54) is 31.9 Å². The summed E-state index contributed by atoms with van der Waals surface area (Å²) >= 11 is -0.111. The number of alkyl halides is 3. The summed E-state index contributed by atoms with van der Waals surface area (Å²) in [6, 6.07) is 24.1. The van der Waals surface area contributed by atoms with Gasteiger partial charge in [0, 0.05) is 0 Å². The van der Waals surface area contributed by atoms with Crippen LogP contribution in [0.25, 0.3) is 0 Å². The van der Waals surface area contributed by atoms with Gasteiger partial charge < -0.3 is 0 Å². The second-order valence-corrected chi connectivity index (χ2v) is 16.1. The minimum atomic E-state index is -5.91. The zero-order valence-corrected chi connectivity index (χ0v) is 33.0. The molecule has 0 fully saturated rings. The van der Waals surface area contributed by atoms with Gasteiger partial charge in [-0.2, -0.15) is 0 Å². The molecule has 0 amide bonds. The van der Waals surface area contributed by atoms with Gasteiger partial charge in [0.1, 0.15) is 0 Å². The summed E-state index contributed by atoms with van der Waals surface area (Å²) in [6.45, 7) is -0.362. The van der Waals surface area contributed by atoms with E-state index in [1.807, 2.05) is 60.7 Å². The number of phenols is 1. The van der Waals surface area contributed by atoms with Gasteiger partial charge in [0.2, 0.25) is 0 Å². The number of esters is 2. The summed E-state index contributed by atoms with van der Waals surface area (Å²) in [5, 5.41) is 10.8. The second kappa shape index (κ2) is 20.8. The Morgan fingerprint density at radius 3 is 1.53 bits per heavy atom. The Morgan fingerprint density at radius 2 is 1.11 bits per heavy atom. The second-order valence-electron chi connectivity index (χ2n) is 10.2. The van der Waals surface area contributed by atoms with Crippen LogP contribution >= 0.6 is 0 Å². The van der Waals surface area contributed by atoms with Crippen molar-refractivity contribution in [3.8, 4) is 23.0 Å². The summed E-state index contributed by atoms with van der Waals surface area (Å²) < 4.78 is 97.3. The van der Waals surface area contributed by atoms with Crippen molar-refractivity contribution in [3.63, 3.8) is 0 Å². The van der Waals surface area contributed by atoms with Crippen molar-refractivity contribution in [1.82, 2.24) is 0 Å². The fourth-order valence-corrected chi connectivity index (χ4v) is 8.47. The topological polar surface area (TPSA) is 153 Å². The van der Waals surface area contributed by atoms with Crippen LogP contribution in [0.3, 0.4) is 0 Å². The van der Waals surface area contributed by atoms with Crippen molar-refractivity contribution in [2.24, 2.45) is 0 Å². The van der Waals surface area contributed by atoms with Gasteiger partial charge in [0.25, 0.3) is 0 Å². The van der Waals surface area contributed by atoms with Crippen molar-refractivity contribution in [3.05, 3.63) is 107 Å². The Bertz CT molecular complexity index is 1910. The number of phenolic OH excluding ortho intramolecular Hbond substituents is 1. The maximum absolute atomic E-state index is 12.7. The number of halogens is 3. The molecule has 0 saturated heterocycles. The number of rotatable bonds is 16. The maximum atomic E-state index is 12.7. The molecule has 0 spiro atoms. The Labute approximate surface area is 316 Å². The Morgan fingerprint density at radius 1 is 0.679 bits per heavy atom. The van der Waals surface area contributed by atoms with Gasteiger partial charge in [-0.05, 0) is 0 Å². The molecule has 0 aliphatic carbocycles. The number of carbonyl (C=O) groups excluding carboxylic acids is 2. The molecule has 4 aromatic carbocycles. The van der Waals surface area contributed by atoms with Crippen molar-refractivity contribution < 1.29 is 68.9 Å². The van der Waals surface area contributed by atoms with E-state index in [2.05, 4.69) is 4.18 Å². The molecule has 0 radical (unpaired) electrons. The van der Waals surface area contributed by atoms with E-state index in [-0.39, 0.29) is 77.2 Å². The molecule has 0 heterocycles. The van der Waals surface area contributed by atoms with Gasteiger partial charge in [-0.1, -0.05) is 0 Å². The van der Waals surface area contributed by atoms with Gasteiger partial charge in [-0.3, -0.25) is 0 Å². The SMILES string of the molecule is COCOc1cc(O)cc(C[Se]c2ccccc2)c1C(=O)OC.COCOc1cc(OS(=O)(=O)C(F)(F)F)cc(C[Se]c2ccccc2)c1C(=O)OC. The van der Waals surface area contributed by atoms with Gasteiger partial charge in [-0.25, -0.2) is 0 Å².